The Hall–Kier alpha value is -2.88. The second-order valence-corrected chi connectivity index (χ2v) is 4.60. The van der Waals surface area contributed by atoms with E-state index in [2.05, 4.69) is 15.5 Å². The Kier molecular flexibility index (Phi) is 3.78. The normalized spacial score (nSPS) is 12.1. The van der Waals surface area contributed by atoms with Crippen LogP contribution in [0, 0.1) is 0 Å². The third kappa shape index (κ3) is 3.36. The van der Waals surface area contributed by atoms with Crippen LogP contribution in [0.1, 0.15) is 12.7 Å². The minimum absolute atomic E-state index is 0.722. The van der Waals surface area contributed by atoms with Gasteiger partial charge in [-0.05, 0) is 49.4 Å². The third-order valence-corrected chi connectivity index (χ3v) is 2.98. The molecule has 3 aromatic rings. The highest BCUT2D eigenvalue weighted by Gasteiger charge is 1.96. The molecule has 0 aliphatic carbocycles. The second kappa shape index (κ2) is 6.05. The molecule has 0 saturated heterocycles. The van der Waals surface area contributed by atoms with Crippen molar-refractivity contribution in [3.05, 3.63) is 66.6 Å². The van der Waals surface area contributed by atoms with Crippen LogP contribution in [0.3, 0.4) is 0 Å². The third-order valence-electron chi connectivity index (χ3n) is 2.98. The molecule has 4 nitrogen and oxygen atoms in total. The van der Waals surface area contributed by atoms with Crippen molar-refractivity contribution in [2.24, 2.45) is 5.10 Å². The maximum Gasteiger partial charge on any atom is 0.146 e. The summed E-state index contributed by atoms with van der Waals surface area (Å²) >= 11 is 0. The van der Waals surface area contributed by atoms with Gasteiger partial charge in [-0.3, -0.25) is 5.43 Å². The lowest BCUT2D eigenvalue weighted by atomic mass is 10.2. The van der Waals surface area contributed by atoms with Gasteiger partial charge in [0.25, 0.3) is 0 Å². The van der Waals surface area contributed by atoms with Crippen molar-refractivity contribution in [2.75, 3.05) is 5.43 Å². The van der Waals surface area contributed by atoms with Gasteiger partial charge in [0.05, 0.1) is 17.5 Å². The quantitative estimate of drug-likeness (QED) is 0.570. The lowest BCUT2D eigenvalue weighted by Crippen LogP contribution is -1.96. The summed E-state index contributed by atoms with van der Waals surface area (Å²) < 4.78 is 5.22. The number of hydrogen-bond acceptors (Lipinski definition) is 4. The number of fused-ring (bicyclic) bond motifs is 1. The number of benzene rings is 1. The molecule has 0 unspecified atom stereocenters. The molecular weight excluding hydrogens is 262 g/mol. The molecule has 0 spiro atoms. The van der Waals surface area contributed by atoms with Gasteiger partial charge in [0.15, 0.2) is 0 Å². The summed E-state index contributed by atoms with van der Waals surface area (Å²) in [6, 6.07) is 15.7. The molecule has 0 fully saturated rings. The Morgan fingerprint density at radius 1 is 1.14 bits per heavy atom. The lowest BCUT2D eigenvalue weighted by Gasteiger charge is -2.02. The van der Waals surface area contributed by atoms with Crippen LogP contribution >= 0.6 is 0 Å². The Labute approximate surface area is 122 Å². The number of para-hydroxylation sites is 1. The summed E-state index contributed by atoms with van der Waals surface area (Å²) in [5.74, 6) is 1.52. The van der Waals surface area contributed by atoms with Crippen molar-refractivity contribution >= 4 is 28.5 Å². The van der Waals surface area contributed by atoms with Crippen molar-refractivity contribution in [1.82, 2.24) is 4.98 Å². The van der Waals surface area contributed by atoms with Crippen LogP contribution < -0.4 is 5.43 Å². The first-order valence-electron chi connectivity index (χ1n) is 6.69. The van der Waals surface area contributed by atoms with Crippen LogP contribution in [0.2, 0.25) is 0 Å². The van der Waals surface area contributed by atoms with E-state index in [4.69, 9.17) is 4.42 Å². The van der Waals surface area contributed by atoms with Gasteiger partial charge in [0.2, 0.25) is 0 Å². The number of hydrogen-bond donors (Lipinski definition) is 1. The number of nitrogens with one attached hydrogen (secondary N) is 1. The van der Waals surface area contributed by atoms with Crippen LogP contribution in [-0.2, 0) is 0 Å². The molecule has 2 aromatic heterocycles. The monoisotopic (exact) mass is 277 g/mol. The standard InChI is InChI=1S/C17H15N3O/c1-13(8-10-15-6-4-12-21-15)19-20-17-11-9-14-5-2-3-7-16(14)18-17/h2-12H,1H3,(H,18,20). The predicted molar refractivity (Wildman–Crippen MR) is 86.2 cm³/mol. The van der Waals surface area contributed by atoms with Gasteiger partial charge in [-0.1, -0.05) is 18.2 Å². The van der Waals surface area contributed by atoms with E-state index in [-0.39, 0.29) is 0 Å². The Morgan fingerprint density at radius 3 is 2.90 bits per heavy atom. The molecule has 1 aromatic carbocycles. The number of aromatic nitrogens is 1. The number of pyridine rings is 1. The Bertz CT molecular complexity index is 789. The number of rotatable bonds is 4. The van der Waals surface area contributed by atoms with Gasteiger partial charge in [-0.15, -0.1) is 0 Å². The van der Waals surface area contributed by atoms with E-state index in [1.165, 1.54) is 0 Å². The summed E-state index contributed by atoms with van der Waals surface area (Å²) in [6.45, 7) is 1.91. The van der Waals surface area contributed by atoms with Crippen LogP contribution in [0.4, 0.5) is 5.82 Å². The number of nitrogens with zero attached hydrogens (tertiary/aromatic N) is 2. The molecule has 104 valence electrons. The highest BCUT2D eigenvalue weighted by atomic mass is 16.3. The summed E-state index contributed by atoms with van der Waals surface area (Å²) in [7, 11) is 0. The van der Waals surface area contributed by atoms with Gasteiger partial charge in [0.1, 0.15) is 11.6 Å². The number of furan rings is 1. The van der Waals surface area contributed by atoms with Gasteiger partial charge >= 0.3 is 0 Å². The van der Waals surface area contributed by atoms with Gasteiger partial charge < -0.3 is 4.42 Å². The van der Waals surface area contributed by atoms with Crippen molar-refractivity contribution in [2.45, 2.75) is 6.92 Å². The fourth-order valence-corrected chi connectivity index (χ4v) is 1.90. The molecule has 0 aliphatic rings. The number of allylic oxidation sites excluding steroid dienone is 1. The maximum absolute atomic E-state index is 5.22. The Morgan fingerprint density at radius 2 is 2.05 bits per heavy atom. The average molecular weight is 277 g/mol. The van der Waals surface area contributed by atoms with E-state index in [9.17, 15) is 0 Å². The Balaban J connectivity index is 1.71. The molecule has 0 radical (unpaired) electrons. The van der Waals surface area contributed by atoms with Gasteiger partial charge in [-0.2, -0.15) is 5.10 Å². The minimum atomic E-state index is 0.722. The van der Waals surface area contributed by atoms with E-state index in [1.807, 2.05) is 67.6 Å². The van der Waals surface area contributed by atoms with Crippen LogP contribution in [0.5, 0.6) is 0 Å². The molecule has 2 heterocycles. The zero-order chi connectivity index (χ0) is 14.5. The molecule has 0 aliphatic heterocycles. The van der Waals surface area contributed by atoms with Crippen molar-refractivity contribution in [1.29, 1.82) is 0 Å². The summed E-state index contributed by atoms with van der Waals surface area (Å²) in [5, 5.41) is 5.39. The largest absolute Gasteiger partial charge is 0.465 e. The van der Waals surface area contributed by atoms with E-state index in [0.717, 1.165) is 28.2 Å². The fraction of sp³-hybridized carbons (Fsp3) is 0.0588. The SMILES string of the molecule is CC(C=Cc1ccco1)=NNc1ccc2ccccc2n1. The lowest BCUT2D eigenvalue weighted by molar-refractivity contribution is 0.557. The minimum Gasteiger partial charge on any atom is -0.465 e. The van der Waals surface area contributed by atoms with Crippen LogP contribution in [0.15, 0.2) is 70.4 Å². The average Bonchev–Trinajstić information content (AvgIpc) is 3.04. The first-order chi connectivity index (χ1) is 10.3. The smallest absolute Gasteiger partial charge is 0.146 e. The zero-order valence-corrected chi connectivity index (χ0v) is 11.7. The van der Waals surface area contributed by atoms with E-state index in [1.54, 1.807) is 6.26 Å². The molecule has 0 bridgehead atoms. The first kappa shape index (κ1) is 13.1. The first-order valence-corrected chi connectivity index (χ1v) is 6.69. The molecule has 0 amide bonds. The van der Waals surface area contributed by atoms with Crippen molar-refractivity contribution in [3.8, 4) is 0 Å². The van der Waals surface area contributed by atoms with Gasteiger partial charge in [-0.25, -0.2) is 4.98 Å². The molecule has 21 heavy (non-hydrogen) atoms. The number of anilines is 1. The molecule has 3 rings (SSSR count). The molecular formula is C17H15N3O. The van der Waals surface area contributed by atoms with Gasteiger partial charge in [0, 0.05) is 5.39 Å². The maximum atomic E-state index is 5.22. The highest BCUT2D eigenvalue weighted by Crippen LogP contribution is 2.14. The van der Waals surface area contributed by atoms with Crippen LogP contribution in [0.25, 0.3) is 17.0 Å². The zero-order valence-electron chi connectivity index (χ0n) is 11.7. The fourth-order valence-electron chi connectivity index (χ4n) is 1.90. The van der Waals surface area contributed by atoms with E-state index in [0.29, 0.717) is 0 Å². The van der Waals surface area contributed by atoms with E-state index < -0.39 is 0 Å². The molecule has 0 saturated carbocycles. The highest BCUT2D eigenvalue weighted by molar-refractivity contribution is 5.96. The molecule has 4 heteroatoms. The predicted octanol–water partition coefficient (Wildman–Crippen LogP) is 4.33. The summed E-state index contributed by atoms with van der Waals surface area (Å²) in [6.07, 6.45) is 5.39. The number of hydrazone groups is 1. The molecule has 0 atom stereocenters. The van der Waals surface area contributed by atoms with Crippen LogP contribution in [-0.4, -0.2) is 10.7 Å². The molecule has 1 N–H and O–H groups in total. The second-order valence-electron chi connectivity index (χ2n) is 4.60. The summed E-state index contributed by atoms with van der Waals surface area (Å²) in [4.78, 5) is 4.50. The topological polar surface area (TPSA) is 50.4 Å². The summed E-state index contributed by atoms with van der Waals surface area (Å²) in [5.41, 5.74) is 4.74. The van der Waals surface area contributed by atoms with Crippen molar-refractivity contribution < 1.29 is 4.42 Å². The van der Waals surface area contributed by atoms with Crippen molar-refractivity contribution in [3.63, 3.8) is 0 Å². The van der Waals surface area contributed by atoms with E-state index >= 15 is 0 Å².